The van der Waals surface area contributed by atoms with Crippen LogP contribution >= 0.6 is 15.9 Å². The van der Waals surface area contributed by atoms with Gasteiger partial charge in [0.05, 0.1) is 26.0 Å². The van der Waals surface area contributed by atoms with Crippen molar-refractivity contribution >= 4 is 28.1 Å². The molecule has 0 radical (unpaired) electrons. The second-order valence-electron chi connectivity index (χ2n) is 4.23. The summed E-state index contributed by atoms with van der Waals surface area (Å²) in [6, 6.07) is 7.69. The highest BCUT2D eigenvalue weighted by Crippen LogP contribution is 2.08. The first-order valence-electron chi connectivity index (χ1n) is 6.11. The van der Waals surface area contributed by atoms with E-state index in [-0.39, 0.29) is 5.91 Å². The second-order valence-corrected chi connectivity index (χ2v) is 5.15. The molecule has 1 saturated heterocycles. The van der Waals surface area contributed by atoms with Crippen molar-refractivity contribution in [3.63, 3.8) is 0 Å². The lowest BCUT2D eigenvalue weighted by Gasteiger charge is -2.25. The summed E-state index contributed by atoms with van der Waals surface area (Å²) in [6.07, 6.45) is 1.63. The fraction of sp³-hybridized carbons (Fsp3) is 0.385. The Morgan fingerprint density at radius 1 is 1.37 bits per heavy atom. The van der Waals surface area contributed by atoms with Crippen LogP contribution in [0.5, 0.6) is 0 Å². The zero-order chi connectivity index (χ0) is 13.5. The molecule has 1 fully saturated rings. The molecule has 2 rings (SSSR count). The first-order valence-corrected chi connectivity index (χ1v) is 6.91. The van der Waals surface area contributed by atoms with Crippen molar-refractivity contribution in [1.29, 1.82) is 0 Å². The number of amides is 1. The molecular formula is C13H16BrN3O2. The topological polar surface area (TPSA) is 53.9 Å². The summed E-state index contributed by atoms with van der Waals surface area (Å²) in [7, 11) is 0. The lowest BCUT2D eigenvalue weighted by molar-refractivity contribution is -0.123. The smallest absolute Gasteiger partial charge is 0.254 e. The van der Waals surface area contributed by atoms with Crippen molar-refractivity contribution in [1.82, 2.24) is 10.3 Å². The largest absolute Gasteiger partial charge is 0.379 e. The molecule has 1 aliphatic heterocycles. The molecule has 0 bridgehead atoms. The number of ether oxygens (including phenoxy) is 1. The van der Waals surface area contributed by atoms with E-state index < -0.39 is 0 Å². The number of benzene rings is 1. The third-order valence-corrected chi connectivity index (χ3v) is 3.27. The first kappa shape index (κ1) is 14.2. The number of halogens is 1. The SMILES string of the molecule is O=C(CN1CCOCC1)N/N=C\c1ccc(Br)cc1. The highest BCUT2D eigenvalue weighted by molar-refractivity contribution is 9.10. The van der Waals surface area contributed by atoms with Gasteiger partial charge in [0.25, 0.3) is 5.91 Å². The second kappa shape index (κ2) is 7.37. The van der Waals surface area contributed by atoms with E-state index in [1.54, 1.807) is 6.21 Å². The Bertz CT molecular complexity index is 442. The molecule has 0 spiro atoms. The zero-order valence-electron chi connectivity index (χ0n) is 10.5. The molecule has 0 unspecified atom stereocenters. The maximum absolute atomic E-state index is 11.6. The number of nitrogens with one attached hydrogen (secondary N) is 1. The Morgan fingerprint density at radius 2 is 2.05 bits per heavy atom. The Balaban J connectivity index is 1.74. The predicted molar refractivity (Wildman–Crippen MR) is 77.1 cm³/mol. The first-order chi connectivity index (χ1) is 9.24. The van der Waals surface area contributed by atoms with Crippen molar-refractivity contribution in [3.05, 3.63) is 34.3 Å². The molecule has 1 aromatic rings. The van der Waals surface area contributed by atoms with Crippen LogP contribution in [0.15, 0.2) is 33.8 Å². The molecule has 0 atom stereocenters. The van der Waals surface area contributed by atoms with E-state index in [1.807, 2.05) is 29.2 Å². The van der Waals surface area contributed by atoms with Crippen molar-refractivity contribution in [2.24, 2.45) is 5.10 Å². The molecule has 19 heavy (non-hydrogen) atoms. The van der Waals surface area contributed by atoms with E-state index in [4.69, 9.17) is 4.74 Å². The minimum absolute atomic E-state index is 0.102. The van der Waals surface area contributed by atoms with Gasteiger partial charge in [-0.15, -0.1) is 0 Å². The number of hydrogen-bond donors (Lipinski definition) is 1. The number of hydrogen-bond acceptors (Lipinski definition) is 4. The van der Waals surface area contributed by atoms with E-state index in [2.05, 4.69) is 26.5 Å². The Hall–Kier alpha value is -1.24. The van der Waals surface area contributed by atoms with Gasteiger partial charge in [-0.3, -0.25) is 9.69 Å². The van der Waals surface area contributed by atoms with Gasteiger partial charge in [0.15, 0.2) is 0 Å². The van der Waals surface area contributed by atoms with Crippen LogP contribution in [0.1, 0.15) is 5.56 Å². The molecule has 1 N–H and O–H groups in total. The molecule has 0 saturated carbocycles. The van der Waals surface area contributed by atoms with Crippen LogP contribution in [0.2, 0.25) is 0 Å². The van der Waals surface area contributed by atoms with Gasteiger partial charge in [-0.1, -0.05) is 28.1 Å². The van der Waals surface area contributed by atoms with E-state index in [0.29, 0.717) is 19.8 Å². The van der Waals surface area contributed by atoms with Crippen LogP contribution < -0.4 is 5.43 Å². The average molecular weight is 326 g/mol. The Labute approximate surface area is 120 Å². The summed E-state index contributed by atoms with van der Waals surface area (Å²) >= 11 is 3.36. The molecular weight excluding hydrogens is 310 g/mol. The molecule has 1 heterocycles. The predicted octanol–water partition coefficient (Wildman–Crippen LogP) is 1.23. The van der Waals surface area contributed by atoms with Crippen molar-refractivity contribution < 1.29 is 9.53 Å². The summed E-state index contributed by atoms with van der Waals surface area (Å²) in [5.41, 5.74) is 3.47. The fourth-order valence-corrected chi connectivity index (χ4v) is 1.99. The summed E-state index contributed by atoms with van der Waals surface area (Å²) in [5.74, 6) is -0.102. The van der Waals surface area contributed by atoms with Crippen LogP contribution in [0.4, 0.5) is 0 Å². The number of hydrazone groups is 1. The monoisotopic (exact) mass is 325 g/mol. The number of nitrogens with zero attached hydrogens (tertiary/aromatic N) is 2. The number of rotatable bonds is 4. The van der Waals surface area contributed by atoms with E-state index in [0.717, 1.165) is 23.1 Å². The quantitative estimate of drug-likeness (QED) is 0.669. The van der Waals surface area contributed by atoms with Gasteiger partial charge >= 0.3 is 0 Å². The third kappa shape index (κ3) is 5.10. The number of morpholine rings is 1. The van der Waals surface area contributed by atoms with Crippen LogP contribution in [0.25, 0.3) is 0 Å². The van der Waals surface area contributed by atoms with Crippen molar-refractivity contribution in [2.75, 3.05) is 32.8 Å². The molecule has 1 aromatic carbocycles. The Kier molecular flexibility index (Phi) is 5.50. The van der Waals surface area contributed by atoms with E-state index >= 15 is 0 Å². The van der Waals surface area contributed by atoms with Gasteiger partial charge in [0, 0.05) is 17.6 Å². The summed E-state index contributed by atoms with van der Waals surface area (Å²) in [6.45, 7) is 3.33. The fourth-order valence-electron chi connectivity index (χ4n) is 1.73. The molecule has 0 aliphatic carbocycles. The van der Waals surface area contributed by atoms with Crippen molar-refractivity contribution in [3.8, 4) is 0 Å². The lowest BCUT2D eigenvalue weighted by Crippen LogP contribution is -2.42. The highest BCUT2D eigenvalue weighted by Gasteiger charge is 2.13. The normalized spacial score (nSPS) is 16.7. The van der Waals surface area contributed by atoms with Crippen LogP contribution in [0.3, 0.4) is 0 Å². The van der Waals surface area contributed by atoms with Gasteiger partial charge in [0.2, 0.25) is 0 Å². The van der Waals surface area contributed by atoms with Gasteiger partial charge in [-0.25, -0.2) is 5.43 Å². The molecule has 0 aromatic heterocycles. The zero-order valence-corrected chi connectivity index (χ0v) is 12.1. The number of carbonyl (C=O) groups is 1. The van der Waals surface area contributed by atoms with E-state index in [1.165, 1.54) is 0 Å². The van der Waals surface area contributed by atoms with E-state index in [9.17, 15) is 4.79 Å². The molecule has 6 heteroatoms. The van der Waals surface area contributed by atoms with Crippen LogP contribution in [-0.4, -0.2) is 49.9 Å². The molecule has 102 valence electrons. The Morgan fingerprint density at radius 3 is 2.74 bits per heavy atom. The number of carbonyl (C=O) groups excluding carboxylic acids is 1. The van der Waals surface area contributed by atoms with Gasteiger partial charge in [-0.2, -0.15) is 5.10 Å². The van der Waals surface area contributed by atoms with Gasteiger partial charge < -0.3 is 4.74 Å². The highest BCUT2D eigenvalue weighted by atomic mass is 79.9. The van der Waals surface area contributed by atoms with Crippen LogP contribution in [0, 0.1) is 0 Å². The minimum atomic E-state index is -0.102. The average Bonchev–Trinajstić information content (AvgIpc) is 2.42. The standard InChI is InChI=1S/C13H16BrN3O2/c14-12-3-1-11(2-4-12)9-15-16-13(18)10-17-5-7-19-8-6-17/h1-4,9H,5-8,10H2,(H,16,18)/b15-9-. The van der Waals surface area contributed by atoms with Gasteiger partial charge in [-0.05, 0) is 17.7 Å². The van der Waals surface area contributed by atoms with Crippen LogP contribution in [-0.2, 0) is 9.53 Å². The summed E-state index contributed by atoms with van der Waals surface area (Å²) in [5, 5.41) is 3.94. The molecule has 1 aliphatic rings. The summed E-state index contributed by atoms with van der Waals surface area (Å²) < 4.78 is 6.24. The molecule has 1 amide bonds. The third-order valence-electron chi connectivity index (χ3n) is 2.74. The maximum Gasteiger partial charge on any atom is 0.254 e. The minimum Gasteiger partial charge on any atom is -0.379 e. The lowest BCUT2D eigenvalue weighted by atomic mass is 10.2. The maximum atomic E-state index is 11.6. The summed E-state index contributed by atoms with van der Waals surface area (Å²) in [4.78, 5) is 13.7. The van der Waals surface area contributed by atoms with Gasteiger partial charge in [0.1, 0.15) is 0 Å². The van der Waals surface area contributed by atoms with Crippen molar-refractivity contribution in [2.45, 2.75) is 0 Å². The molecule has 5 nitrogen and oxygen atoms in total.